The maximum absolute atomic E-state index is 13.2. The number of morpholine rings is 1. The molecule has 1 amide bonds. The first-order valence-corrected chi connectivity index (χ1v) is 8.88. The largest absolute Gasteiger partial charge is 0.479 e. The van der Waals surface area contributed by atoms with E-state index in [1.807, 2.05) is 37.3 Å². The molecule has 8 nitrogen and oxygen atoms in total. The number of furan rings is 1. The lowest BCUT2D eigenvalue weighted by Crippen LogP contribution is -2.48. The third-order valence-electron chi connectivity index (χ3n) is 4.57. The molecule has 1 N–H and O–H groups in total. The van der Waals surface area contributed by atoms with Crippen LogP contribution in [-0.2, 0) is 9.53 Å². The Morgan fingerprint density at radius 3 is 2.64 bits per heavy atom. The second kappa shape index (κ2) is 7.32. The van der Waals surface area contributed by atoms with Gasteiger partial charge in [0.25, 0.3) is 5.91 Å². The van der Waals surface area contributed by atoms with Crippen LogP contribution in [-0.4, -0.2) is 57.5 Å². The molecule has 0 radical (unpaired) electrons. The van der Waals surface area contributed by atoms with Gasteiger partial charge in [-0.25, -0.2) is 9.48 Å². The van der Waals surface area contributed by atoms with Crippen LogP contribution >= 0.6 is 0 Å². The quantitative estimate of drug-likeness (QED) is 0.745. The van der Waals surface area contributed by atoms with Crippen molar-refractivity contribution >= 4 is 11.9 Å². The topological polar surface area (TPSA) is 97.8 Å². The Bertz CT molecular complexity index is 1010. The normalized spacial score (nSPS) is 16.9. The van der Waals surface area contributed by atoms with Crippen molar-refractivity contribution in [3.8, 4) is 17.1 Å². The molecular formula is C20H19N3O5. The van der Waals surface area contributed by atoms with Gasteiger partial charge in [-0.15, -0.1) is 0 Å². The number of carboxylic acids is 1. The smallest absolute Gasteiger partial charge is 0.334 e. The predicted molar refractivity (Wildman–Crippen MR) is 99.3 cm³/mol. The zero-order valence-electron chi connectivity index (χ0n) is 15.2. The summed E-state index contributed by atoms with van der Waals surface area (Å²) in [4.78, 5) is 25.9. The van der Waals surface area contributed by atoms with Crippen LogP contribution in [0.1, 0.15) is 16.1 Å². The molecule has 0 bridgehead atoms. The van der Waals surface area contributed by atoms with Crippen molar-refractivity contribution in [1.82, 2.24) is 14.7 Å². The van der Waals surface area contributed by atoms with Gasteiger partial charge in [-0.05, 0) is 31.2 Å². The van der Waals surface area contributed by atoms with E-state index in [2.05, 4.69) is 5.10 Å². The van der Waals surface area contributed by atoms with Gasteiger partial charge in [0.1, 0.15) is 11.5 Å². The maximum Gasteiger partial charge on any atom is 0.334 e. The van der Waals surface area contributed by atoms with Gasteiger partial charge >= 0.3 is 5.97 Å². The Kier molecular flexibility index (Phi) is 4.70. The fourth-order valence-electron chi connectivity index (χ4n) is 3.14. The number of hydrogen-bond acceptors (Lipinski definition) is 5. The molecule has 2 aromatic heterocycles. The molecule has 1 aromatic carbocycles. The number of amides is 1. The molecule has 0 unspecified atom stereocenters. The number of carboxylic acid groups (broad SMARTS) is 1. The number of benzene rings is 1. The van der Waals surface area contributed by atoms with Gasteiger partial charge in [0, 0.05) is 12.7 Å². The number of aryl methyl sites for hydroxylation is 1. The van der Waals surface area contributed by atoms with Gasteiger partial charge < -0.3 is 19.2 Å². The fraction of sp³-hybridized carbons (Fsp3) is 0.250. The summed E-state index contributed by atoms with van der Waals surface area (Å²) in [6.45, 7) is 2.29. The molecule has 8 heteroatoms. The van der Waals surface area contributed by atoms with Crippen molar-refractivity contribution < 1.29 is 23.8 Å². The van der Waals surface area contributed by atoms with Crippen molar-refractivity contribution in [2.75, 3.05) is 19.7 Å². The SMILES string of the molecule is Cc1ccc(-c2nn(-c3ccccc3)cc2C(=O)N2CCO[C@H](C(=O)O)C2)o1. The summed E-state index contributed by atoms with van der Waals surface area (Å²) in [7, 11) is 0. The Morgan fingerprint density at radius 1 is 1.18 bits per heavy atom. The fourth-order valence-corrected chi connectivity index (χ4v) is 3.14. The van der Waals surface area contributed by atoms with E-state index in [0.717, 1.165) is 5.69 Å². The lowest BCUT2D eigenvalue weighted by molar-refractivity contribution is -0.154. The predicted octanol–water partition coefficient (Wildman–Crippen LogP) is 2.37. The molecule has 3 aromatic rings. The third kappa shape index (κ3) is 3.41. The lowest BCUT2D eigenvalue weighted by Gasteiger charge is -2.30. The molecule has 1 atom stereocenters. The van der Waals surface area contributed by atoms with Gasteiger partial charge in [0.05, 0.1) is 24.4 Å². The molecule has 0 spiro atoms. The van der Waals surface area contributed by atoms with Crippen LogP contribution in [0.5, 0.6) is 0 Å². The minimum absolute atomic E-state index is 0.0126. The number of carbonyl (C=O) groups is 2. The molecule has 1 aliphatic heterocycles. The minimum Gasteiger partial charge on any atom is -0.479 e. The first-order valence-electron chi connectivity index (χ1n) is 8.88. The van der Waals surface area contributed by atoms with E-state index >= 15 is 0 Å². The summed E-state index contributed by atoms with van der Waals surface area (Å²) in [5.74, 6) is -0.196. The molecule has 0 aliphatic carbocycles. The molecule has 1 aliphatic rings. The summed E-state index contributed by atoms with van der Waals surface area (Å²) in [6, 6.07) is 13.0. The van der Waals surface area contributed by atoms with Crippen LogP contribution in [0, 0.1) is 6.92 Å². The number of nitrogens with zero attached hydrogens (tertiary/aromatic N) is 3. The molecule has 1 fully saturated rings. The van der Waals surface area contributed by atoms with Crippen molar-refractivity contribution in [2.24, 2.45) is 0 Å². The maximum atomic E-state index is 13.2. The van der Waals surface area contributed by atoms with E-state index in [1.54, 1.807) is 23.0 Å². The van der Waals surface area contributed by atoms with Gasteiger partial charge in [-0.2, -0.15) is 5.10 Å². The van der Waals surface area contributed by atoms with Crippen LogP contribution in [0.25, 0.3) is 17.1 Å². The molecule has 28 heavy (non-hydrogen) atoms. The zero-order chi connectivity index (χ0) is 19.7. The van der Waals surface area contributed by atoms with Crippen LogP contribution in [0.4, 0.5) is 0 Å². The van der Waals surface area contributed by atoms with E-state index < -0.39 is 12.1 Å². The first-order chi connectivity index (χ1) is 13.5. The molecule has 1 saturated heterocycles. The van der Waals surface area contributed by atoms with Crippen LogP contribution in [0.2, 0.25) is 0 Å². The highest BCUT2D eigenvalue weighted by Gasteiger charge is 2.32. The van der Waals surface area contributed by atoms with E-state index in [9.17, 15) is 14.7 Å². The highest BCUT2D eigenvalue weighted by atomic mass is 16.5. The van der Waals surface area contributed by atoms with Gasteiger partial charge in [0.2, 0.25) is 0 Å². The first kappa shape index (κ1) is 18.0. The number of para-hydroxylation sites is 1. The summed E-state index contributed by atoms with van der Waals surface area (Å²) in [5.41, 5.74) is 1.57. The van der Waals surface area contributed by atoms with Gasteiger partial charge in [-0.3, -0.25) is 4.79 Å². The van der Waals surface area contributed by atoms with Gasteiger partial charge in [-0.1, -0.05) is 18.2 Å². The Labute approximate surface area is 160 Å². The highest BCUT2D eigenvalue weighted by molar-refractivity contribution is 5.99. The number of aromatic nitrogens is 2. The van der Waals surface area contributed by atoms with E-state index in [0.29, 0.717) is 29.3 Å². The number of rotatable bonds is 4. The molecular weight excluding hydrogens is 362 g/mol. The number of ether oxygens (including phenoxy) is 1. The Balaban J connectivity index is 1.73. The Morgan fingerprint density at radius 2 is 1.96 bits per heavy atom. The van der Waals surface area contributed by atoms with Gasteiger partial charge in [0.15, 0.2) is 11.9 Å². The molecule has 0 saturated carbocycles. The highest BCUT2D eigenvalue weighted by Crippen LogP contribution is 2.27. The lowest BCUT2D eigenvalue weighted by atomic mass is 10.1. The van der Waals surface area contributed by atoms with E-state index in [-0.39, 0.29) is 19.1 Å². The summed E-state index contributed by atoms with van der Waals surface area (Å²) < 4.78 is 12.5. The summed E-state index contributed by atoms with van der Waals surface area (Å²) in [5, 5.41) is 13.8. The molecule has 3 heterocycles. The second-order valence-electron chi connectivity index (χ2n) is 6.53. The van der Waals surface area contributed by atoms with Crippen LogP contribution in [0.15, 0.2) is 53.1 Å². The van der Waals surface area contributed by atoms with E-state index in [1.165, 1.54) is 4.90 Å². The minimum atomic E-state index is -1.08. The average Bonchev–Trinajstić information content (AvgIpc) is 3.34. The number of hydrogen-bond donors (Lipinski definition) is 1. The summed E-state index contributed by atoms with van der Waals surface area (Å²) in [6.07, 6.45) is 0.618. The molecule has 4 rings (SSSR count). The Hall–Kier alpha value is -3.39. The van der Waals surface area contributed by atoms with E-state index in [4.69, 9.17) is 9.15 Å². The number of carbonyl (C=O) groups excluding carboxylic acids is 1. The van der Waals surface area contributed by atoms with Crippen molar-refractivity contribution in [3.05, 3.63) is 60.0 Å². The standard InChI is InChI=1S/C20H19N3O5/c1-13-7-8-16(28-13)18-15(11-23(21-18)14-5-3-2-4-6-14)19(24)22-9-10-27-17(12-22)20(25)26/h2-8,11,17H,9-10,12H2,1H3,(H,25,26)/t17-/m0/s1. The van der Waals surface area contributed by atoms with Crippen molar-refractivity contribution in [1.29, 1.82) is 0 Å². The van der Waals surface area contributed by atoms with Crippen LogP contribution in [0.3, 0.4) is 0 Å². The van der Waals surface area contributed by atoms with Crippen molar-refractivity contribution in [2.45, 2.75) is 13.0 Å². The second-order valence-corrected chi connectivity index (χ2v) is 6.53. The monoisotopic (exact) mass is 381 g/mol. The average molecular weight is 381 g/mol. The zero-order valence-corrected chi connectivity index (χ0v) is 15.2. The van der Waals surface area contributed by atoms with Crippen molar-refractivity contribution in [3.63, 3.8) is 0 Å². The summed E-state index contributed by atoms with van der Waals surface area (Å²) >= 11 is 0. The number of aliphatic carboxylic acids is 1. The molecule has 144 valence electrons. The third-order valence-corrected chi connectivity index (χ3v) is 4.57. The van der Waals surface area contributed by atoms with Crippen LogP contribution < -0.4 is 0 Å².